The van der Waals surface area contributed by atoms with E-state index in [0.29, 0.717) is 13.0 Å². The molecule has 6 nitrogen and oxygen atoms in total. The molecule has 0 saturated carbocycles. The fourth-order valence-corrected chi connectivity index (χ4v) is 1.47. The van der Waals surface area contributed by atoms with E-state index >= 15 is 0 Å². The molecule has 1 rings (SSSR count). The van der Waals surface area contributed by atoms with Crippen LogP contribution in [0.5, 0.6) is 11.5 Å². The Balaban J connectivity index is 2.39. The maximum Gasteiger partial charge on any atom is 0.305 e. The van der Waals surface area contributed by atoms with Crippen molar-refractivity contribution in [1.29, 1.82) is 0 Å². The normalized spacial score (nSPS) is 9.95. The maximum atomic E-state index is 11.7. The molecule has 1 aromatic rings. The van der Waals surface area contributed by atoms with E-state index in [1.54, 1.807) is 6.92 Å². The molecule has 0 aliphatic rings. The molecular formula is C13H17NO5. The number of carbonyl (C=O) groups is 2. The zero-order valence-corrected chi connectivity index (χ0v) is 10.7. The van der Waals surface area contributed by atoms with Crippen molar-refractivity contribution in [2.45, 2.75) is 19.8 Å². The number of esters is 1. The van der Waals surface area contributed by atoms with E-state index in [0.717, 1.165) is 0 Å². The summed E-state index contributed by atoms with van der Waals surface area (Å²) in [5, 5.41) is 21.3. The van der Waals surface area contributed by atoms with E-state index in [4.69, 9.17) is 4.74 Å². The van der Waals surface area contributed by atoms with Crippen molar-refractivity contribution in [3.05, 3.63) is 23.8 Å². The highest BCUT2D eigenvalue weighted by Gasteiger charge is 2.11. The number of carbonyl (C=O) groups excluding carboxylic acids is 2. The highest BCUT2D eigenvalue weighted by Crippen LogP contribution is 2.21. The Morgan fingerprint density at radius 2 is 2.05 bits per heavy atom. The quantitative estimate of drug-likeness (QED) is 0.408. The number of rotatable bonds is 6. The molecule has 0 fully saturated rings. The lowest BCUT2D eigenvalue weighted by Crippen LogP contribution is -2.25. The summed E-state index contributed by atoms with van der Waals surface area (Å²) < 4.78 is 4.74. The summed E-state index contributed by atoms with van der Waals surface area (Å²) >= 11 is 0. The Labute approximate surface area is 111 Å². The first-order valence-electron chi connectivity index (χ1n) is 6.00. The molecule has 19 heavy (non-hydrogen) atoms. The van der Waals surface area contributed by atoms with Gasteiger partial charge in [0.1, 0.15) is 11.5 Å². The summed E-state index contributed by atoms with van der Waals surface area (Å²) in [6, 6.07) is 3.70. The number of phenols is 2. The molecule has 0 atom stereocenters. The molecule has 0 aliphatic carbocycles. The SMILES string of the molecule is CCOC(=O)CCCNC(=O)c1cc(O)ccc1O. The van der Waals surface area contributed by atoms with Crippen molar-refractivity contribution >= 4 is 11.9 Å². The van der Waals surface area contributed by atoms with Gasteiger partial charge in [-0.05, 0) is 31.5 Å². The number of nitrogens with one attached hydrogen (secondary N) is 1. The third-order valence-corrected chi connectivity index (χ3v) is 2.37. The van der Waals surface area contributed by atoms with Crippen LogP contribution >= 0.6 is 0 Å². The van der Waals surface area contributed by atoms with E-state index in [-0.39, 0.29) is 36.0 Å². The van der Waals surface area contributed by atoms with Gasteiger partial charge in [0.25, 0.3) is 5.91 Å². The second-order valence-corrected chi connectivity index (χ2v) is 3.87. The van der Waals surface area contributed by atoms with Crippen LogP contribution in [0, 0.1) is 0 Å². The lowest BCUT2D eigenvalue weighted by molar-refractivity contribution is -0.143. The number of hydrogen-bond acceptors (Lipinski definition) is 5. The highest BCUT2D eigenvalue weighted by atomic mass is 16.5. The highest BCUT2D eigenvalue weighted by molar-refractivity contribution is 5.97. The molecule has 1 amide bonds. The predicted octanol–water partition coefficient (Wildman–Crippen LogP) is 1.17. The zero-order valence-electron chi connectivity index (χ0n) is 10.7. The topological polar surface area (TPSA) is 95.9 Å². The summed E-state index contributed by atoms with van der Waals surface area (Å²) in [5.41, 5.74) is -0.00358. The fourth-order valence-electron chi connectivity index (χ4n) is 1.47. The number of ether oxygens (including phenoxy) is 1. The van der Waals surface area contributed by atoms with Gasteiger partial charge in [0.2, 0.25) is 0 Å². The first-order valence-corrected chi connectivity index (χ1v) is 6.00. The van der Waals surface area contributed by atoms with Crippen molar-refractivity contribution in [3.63, 3.8) is 0 Å². The number of aromatic hydroxyl groups is 2. The van der Waals surface area contributed by atoms with Gasteiger partial charge in [-0.2, -0.15) is 0 Å². The summed E-state index contributed by atoms with van der Waals surface area (Å²) in [6.07, 6.45) is 0.671. The Bertz CT molecular complexity index is 458. The number of amides is 1. The van der Waals surface area contributed by atoms with Gasteiger partial charge in [0.05, 0.1) is 12.2 Å². The molecule has 1 aromatic carbocycles. The molecule has 0 spiro atoms. The molecular weight excluding hydrogens is 250 g/mol. The largest absolute Gasteiger partial charge is 0.508 e. The van der Waals surface area contributed by atoms with Crippen LogP contribution in [-0.4, -0.2) is 35.2 Å². The second-order valence-electron chi connectivity index (χ2n) is 3.87. The summed E-state index contributed by atoms with van der Waals surface area (Å²) in [5.74, 6) is -1.12. The Kier molecular flexibility index (Phi) is 5.66. The van der Waals surface area contributed by atoms with Crippen LogP contribution in [-0.2, 0) is 9.53 Å². The van der Waals surface area contributed by atoms with E-state index < -0.39 is 5.91 Å². The van der Waals surface area contributed by atoms with Crippen molar-refractivity contribution in [1.82, 2.24) is 5.32 Å². The maximum absolute atomic E-state index is 11.7. The standard InChI is InChI=1S/C13H17NO5/c1-2-19-12(17)4-3-7-14-13(18)10-8-9(15)5-6-11(10)16/h5-6,8,15-16H,2-4,7H2,1H3,(H,14,18). The number of hydrogen-bond donors (Lipinski definition) is 3. The summed E-state index contributed by atoms with van der Waals surface area (Å²) in [6.45, 7) is 2.35. The predicted molar refractivity (Wildman–Crippen MR) is 68.0 cm³/mol. The van der Waals surface area contributed by atoms with Crippen LogP contribution in [0.3, 0.4) is 0 Å². The average Bonchev–Trinajstić information content (AvgIpc) is 2.37. The lowest BCUT2D eigenvalue weighted by Gasteiger charge is -2.07. The molecule has 104 valence electrons. The van der Waals surface area contributed by atoms with Gasteiger partial charge >= 0.3 is 5.97 Å². The van der Waals surface area contributed by atoms with Gasteiger partial charge in [0.15, 0.2) is 0 Å². The Morgan fingerprint density at radius 3 is 2.74 bits per heavy atom. The van der Waals surface area contributed by atoms with Crippen LogP contribution in [0.15, 0.2) is 18.2 Å². The molecule has 0 heterocycles. The monoisotopic (exact) mass is 267 g/mol. The summed E-state index contributed by atoms with van der Waals surface area (Å²) in [7, 11) is 0. The van der Waals surface area contributed by atoms with Crippen LogP contribution in [0.25, 0.3) is 0 Å². The average molecular weight is 267 g/mol. The van der Waals surface area contributed by atoms with E-state index in [1.807, 2.05) is 0 Å². The van der Waals surface area contributed by atoms with Crippen LogP contribution < -0.4 is 5.32 Å². The number of phenolic OH excluding ortho intramolecular Hbond substituents is 2. The van der Waals surface area contributed by atoms with Gasteiger partial charge in [-0.1, -0.05) is 0 Å². The lowest BCUT2D eigenvalue weighted by atomic mass is 10.1. The van der Waals surface area contributed by atoms with Crippen LogP contribution in [0.4, 0.5) is 0 Å². The van der Waals surface area contributed by atoms with Gasteiger partial charge in [-0.25, -0.2) is 0 Å². The van der Waals surface area contributed by atoms with Crippen molar-refractivity contribution in [2.75, 3.05) is 13.2 Å². The molecule has 0 unspecified atom stereocenters. The minimum absolute atomic E-state index is 0.00358. The molecule has 3 N–H and O–H groups in total. The minimum Gasteiger partial charge on any atom is -0.508 e. The fraction of sp³-hybridized carbons (Fsp3) is 0.385. The minimum atomic E-state index is -0.503. The van der Waals surface area contributed by atoms with Crippen molar-refractivity contribution in [3.8, 4) is 11.5 Å². The third-order valence-electron chi connectivity index (χ3n) is 2.37. The van der Waals surface area contributed by atoms with Gasteiger partial charge < -0.3 is 20.3 Å². The van der Waals surface area contributed by atoms with Crippen LogP contribution in [0.2, 0.25) is 0 Å². The van der Waals surface area contributed by atoms with Crippen molar-refractivity contribution < 1.29 is 24.5 Å². The smallest absolute Gasteiger partial charge is 0.305 e. The van der Waals surface area contributed by atoms with E-state index in [1.165, 1.54) is 18.2 Å². The molecule has 0 aromatic heterocycles. The Hall–Kier alpha value is -2.24. The molecule has 0 aliphatic heterocycles. The van der Waals surface area contributed by atoms with Gasteiger partial charge in [-0.15, -0.1) is 0 Å². The van der Waals surface area contributed by atoms with Gasteiger partial charge in [0, 0.05) is 13.0 Å². The molecule has 0 saturated heterocycles. The first kappa shape index (κ1) is 14.8. The van der Waals surface area contributed by atoms with Gasteiger partial charge in [-0.3, -0.25) is 9.59 Å². The number of benzene rings is 1. The summed E-state index contributed by atoms with van der Waals surface area (Å²) in [4.78, 5) is 22.7. The van der Waals surface area contributed by atoms with E-state index in [9.17, 15) is 19.8 Å². The third kappa shape index (κ3) is 4.87. The first-order chi connectivity index (χ1) is 9.04. The molecule has 0 radical (unpaired) electrons. The second kappa shape index (κ2) is 7.25. The van der Waals surface area contributed by atoms with E-state index in [2.05, 4.69) is 5.32 Å². The molecule has 0 bridgehead atoms. The van der Waals surface area contributed by atoms with Crippen LogP contribution in [0.1, 0.15) is 30.1 Å². The van der Waals surface area contributed by atoms with Crippen molar-refractivity contribution in [2.24, 2.45) is 0 Å². The molecule has 6 heteroatoms. The zero-order chi connectivity index (χ0) is 14.3. The Morgan fingerprint density at radius 1 is 1.32 bits per heavy atom.